The summed E-state index contributed by atoms with van der Waals surface area (Å²) in [5, 5.41) is 3.32. The number of halogens is 4. The number of methoxy groups -OCH3 is 1. The summed E-state index contributed by atoms with van der Waals surface area (Å²) in [5.74, 6) is 0. The van der Waals surface area contributed by atoms with Gasteiger partial charge in [-0.1, -0.05) is 28.9 Å². The molecule has 0 bridgehead atoms. The molecule has 0 aromatic heterocycles. The highest BCUT2D eigenvalue weighted by molar-refractivity contribution is 9.10. The number of nitrogens with one attached hydrogen (secondary N) is 1. The largest absolute Gasteiger partial charge is 0.416 e. The van der Waals surface area contributed by atoms with Gasteiger partial charge in [-0.2, -0.15) is 13.2 Å². The van der Waals surface area contributed by atoms with Crippen LogP contribution in [0.4, 0.5) is 13.2 Å². The first-order valence-electron chi connectivity index (χ1n) is 6.46. The van der Waals surface area contributed by atoms with Crippen molar-refractivity contribution in [3.05, 3.63) is 33.8 Å². The number of rotatable bonds is 7. The van der Waals surface area contributed by atoms with Crippen molar-refractivity contribution in [3.8, 4) is 0 Å². The number of benzene rings is 1. The molecular formula is C14H19BrF3NO. The van der Waals surface area contributed by atoms with E-state index in [1.54, 1.807) is 7.11 Å². The molecule has 20 heavy (non-hydrogen) atoms. The topological polar surface area (TPSA) is 21.3 Å². The Hall–Kier alpha value is -0.590. The van der Waals surface area contributed by atoms with Crippen molar-refractivity contribution in [3.63, 3.8) is 0 Å². The van der Waals surface area contributed by atoms with Gasteiger partial charge in [-0.25, -0.2) is 0 Å². The lowest BCUT2D eigenvalue weighted by Gasteiger charge is -2.19. The van der Waals surface area contributed by atoms with E-state index in [1.165, 1.54) is 6.07 Å². The highest BCUT2D eigenvalue weighted by Crippen LogP contribution is 2.32. The summed E-state index contributed by atoms with van der Waals surface area (Å²) in [7, 11) is 1.61. The summed E-state index contributed by atoms with van der Waals surface area (Å²) in [6.07, 6.45) is -2.70. The molecule has 1 N–H and O–H groups in total. The standard InChI is InChI=1S/C14H19BrF3NO/c1-3-6-19-12(9-20-2)7-10-4-5-11(8-13(10)15)14(16,17)18/h4-5,8,12,19H,3,6-7,9H2,1-2H3. The zero-order chi connectivity index (χ0) is 15.2. The third-order valence-electron chi connectivity index (χ3n) is 2.90. The molecule has 0 aliphatic rings. The van der Waals surface area contributed by atoms with Gasteiger partial charge in [-0.3, -0.25) is 0 Å². The maximum absolute atomic E-state index is 12.6. The summed E-state index contributed by atoms with van der Waals surface area (Å²) < 4.78 is 43.4. The Kier molecular flexibility index (Phi) is 6.99. The van der Waals surface area contributed by atoms with Gasteiger partial charge in [0.25, 0.3) is 0 Å². The predicted molar refractivity (Wildman–Crippen MR) is 76.8 cm³/mol. The van der Waals surface area contributed by atoms with Crippen molar-refractivity contribution < 1.29 is 17.9 Å². The molecule has 2 nitrogen and oxygen atoms in total. The zero-order valence-electron chi connectivity index (χ0n) is 11.6. The van der Waals surface area contributed by atoms with Crippen molar-refractivity contribution in [2.24, 2.45) is 0 Å². The van der Waals surface area contributed by atoms with Crippen molar-refractivity contribution in [1.82, 2.24) is 5.32 Å². The summed E-state index contributed by atoms with van der Waals surface area (Å²) >= 11 is 3.22. The van der Waals surface area contributed by atoms with Gasteiger partial charge in [0.05, 0.1) is 12.2 Å². The van der Waals surface area contributed by atoms with Crippen LogP contribution in [0.5, 0.6) is 0 Å². The summed E-state index contributed by atoms with van der Waals surface area (Å²) in [5.41, 5.74) is 0.196. The fourth-order valence-electron chi connectivity index (χ4n) is 1.89. The number of hydrogen-bond acceptors (Lipinski definition) is 2. The fourth-order valence-corrected chi connectivity index (χ4v) is 2.43. The van der Waals surface area contributed by atoms with Gasteiger partial charge < -0.3 is 10.1 Å². The van der Waals surface area contributed by atoms with Crippen LogP contribution in [0.1, 0.15) is 24.5 Å². The Morgan fingerprint density at radius 3 is 2.55 bits per heavy atom. The molecule has 0 saturated heterocycles. The van der Waals surface area contributed by atoms with Gasteiger partial charge in [-0.15, -0.1) is 0 Å². The highest BCUT2D eigenvalue weighted by atomic mass is 79.9. The Balaban J connectivity index is 2.80. The molecule has 1 aromatic carbocycles. The third-order valence-corrected chi connectivity index (χ3v) is 3.64. The second-order valence-corrected chi connectivity index (χ2v) is 5.47. The van der Waals surface area contributed by atoms with Crippen molar-refractivity contribution in [2.45, 2.75) is 32.0 Å². The van der Waals surface area contributed by atoms with Crippen LogP contribution in [0.2, 0.25) is 0 Å². The second kappa shape index (κ2) is 8.00. The van der Waals surface area contributed by atoms with E-state index in [0.29, 0.717) is 17.5 Å². The number of alkyl halides is 3. The van der Waals surface area contributed by atoms with E-state index < -0.39 is 11.7 Å². The van der Waals surface area contributed by atoms with Crippen molar-refractivity contribution in [1.29, 1.82) is 0 Å². The molecule has 1 atom stereocenters. The normalized spacial score (nSPS) is 13.5. The lowest BCUT2D eigenvalue weighted by molar-refractivity contribution is -0.137. The average molecular weight is 354 g/mol. The monoisotopic (exact) mass is 353 g/mol. The molecule has 0 aliphatic heterocycles. The van der Waals surface area contributed by atoms with Crippen LogP contribution < -0.4 is 5.32 Å². The predicted octanol–water partition coefficient (Wildman–Crippen LogP) is 4.03. The Morgan fingerprint density at radius 2 is 2.05 bits per heavy atom. The van der Waals surface area contributed by atoms with Crippen LogP contribution in [-0.2, 0) is 17.3 Å². The average Bonchev–Trinajstić information content (AvgIpc) is 2.37. The lowest BCUT2D eigenvalue weighted by atomic mass is 10.0. The van der Waals surface area contributed by atoms with E-state index in [-0.39, 0.29) is 6.04 Å². The van der Waals surface area contributed by atoms with Crippen LogP contribution in [0.15, 0.2) is 22.7 Å². The van der Waals surface area contributed by atoms with E-state index in [1.807, 2.05) is 0 Å². The Morgan fingerprint density at radius 1 is 1.35 bits per heavy atom. The van der Waals surface area contributed by atoms with Gasteiger partial charge >= 0.3 is 6.18 Å². The minimum atomic E-state index is -4.31. The fraction of sp³-hybridized carbons (Fsp3) is 0.571. The maximum Gasteiger partial charge on any atom is 0.416 e. The first-order chi connectivity index (χ1) is 9.38. The number of hydrogen-bond donors (Lipinski definition) is 1. The summed E-state index contributed by atoms with van der Waals surface area (Å²) in [6.45, 7) is 3.44. The van der Waals surface area contributed by atoms with Gasteiger partial charge in [0.2, 0.25) is 0 Å². The maximum atomic E-state index is 12.6. The number of ether oxygens (including phenoxy) is 1. The van der Waals surface area contributed by atoms with Crippen LogP contribution in [0.25, 0.3) is 0 Å². The SMILES string of the molecule is CCCNC(COC)Cc1ccc(C(F)(F)F)cc1Br. The summed E-state index contributed by atoms with van der Waals surface area (Å²) in [4.78, 5) is 0. The van der Waals surface area contributed by atoms with E-state index >= 15 is 0 Å². The first-order valence-corrected chi connectivity index (χ1v) is 7.25. The minimum Gasteiger partial charge on any atom is -0.383 e. The lowest BCUT2D eigenvalue weighted by Crippen LogP contribution is -2.35. The van der Waals surface area contributed by atoms with Crippen LogP contribution in [0, 0.1) is 0 Å². The van der Waals surface area contributed by atoms with E-state index in [2.05, 4.69) is 28.2 Å². The van der Waals surface area contributed by atoms with E-state index in [0.717, 1.165) is 30.7 Å². The van der Waals surface area contributed by atoms with Gasteiger partial charge in [0, 0.05) is 17.6 Å². The van der Waals surface area contributed by atoms with Crippen molar-refractivity contribution in [2.75, 3.05) is 20.3 Å². The summed E-state index contributed by atoms with van der Waals surface area (Å²) in [6, 6.07) is 3.85. The molecule has 1 unspecified atom stereocenters. The van der Waals surface area contributed by atoms with Gasteiger partial charge in [-0.05, 0) is 37.1 Å². The molecule has 0 heterocycles. The molecule has 1 rings (SSSR count). The second-order valence-electron chi connectivity index (χ2n) is 4.61. The Bertz CT molecular complexity index is 423. The van der Waals surface area contributed by atoms with Crippen LogP contribution >= 0.6 is 15.9 Å². The molecule has 1 aromatic rings. The molecule has 0 spiro atoms. The molecule has 0 radical (unpaired) electrons. The first kappa shape index (κ1) is 17.5. The molecule has 114 valence electrons. The van der Waals surface area contributed by atoms with Gasteiger partial charge in [0.15, 0.2) is 0 Å². The quantitative estimate of drug-likeness (QED) is 0.799. The third kappa shape index (κ3) is 5.42. The van der Waals surface area contributed by atoms with Crippen LogP contribution in [-0.4, -0.2) is 26.3 Å². The van der Waals surface area contributed by atoms with Crippen molar-refractivity contribution >= 4 is 15.9 Å². The molecule has 6 heteroatoms. The zero-order valence-corrected chi connectivity index (χ0v) is 13.1. The Labute approximate surface area is 125 Å². The minimum absolute atomic E-state index is 0.0907. The molecule has 0 aliphatic carbocycles. The van der Waals surface area contributed by atoms with E-state index in [4.69, 9.17) is 4.74 Å². The van der Waals surface area contributed by atoms with Crippen LogP contribution in [0.3, 0.4) is 0 Å². The molecular weight excluding hydrogens is 335 g/mol. The molecule has 0 amide bonds. The van der Waals surface area contributed by atoms with Gasteiger partial charge in [0.1, 0.15) is 0 Å². The van der Waals surface area contributed by atoms with E-state index in [9.17, 15) is 13.2 Å². The molecule has 0 fully saturated rings. The highest BCUT2D eigenvalue weighted by Gasteiger charge is 2.30. The smallest absolute Gasteiger partial charge is 0.383 e. The molecule has 0 saturated carbocycles.